The topological polar surface area (TPSA) is 136 Å². The minimum Gasteiger partial charge on any atom is -0.399 e. The molecule has 0 saturated heterocycles. The smallest absolute Gasteiger partial charge is 0.345 e. The molecule has 0 aliphatic carbocycles. The zero-order valence-corrected chi connectivity index (χ0v) is 14.5. The van der Waals surface area contributed by atoms with E-state index < -0.39 is 10.6 Å². The number of nitrogens with zero attached hydrogens (tertiary/aromatic N) is 1. The van der Waals surface area contributed by atoms with Crippen LogP contribution in [0.4, 0.5) is 5.69 Å². The lowest BCUT2D eigenvalue weighted by Crippen LogP contribution is -2.53. The van der Waals surface area contributed by atoms with Crippen molar-refractivity contribution in [3.8, 4) is 0 Å². The van der Waals surface area contributed by atoms with Crippen molar-refractivity contribution in [3.63, 3.8) is 0 Å². The Balaban J connectivity index is 2.45. The van der Waals surface area contributed by atoms with E-state index in [4.69, 9.17) is 11.5 Å². The van der Waals surface area contributed by atoms with E-state index in [0.717, 1.165) is 0 Å². The number of hydrogen-bond acceptors (Lipinski definition) is 5. The van der Waals surface area contributed by atoms with Gasteiger partial charge in [0, 0.05) is 17.7 Å². The number of amides is 3. The second-order valence-electron chi connectivity index (χ2n) is 5.91. The predicted octanol–water partition coefficient (Wildman–Crippen LogP) is 0.797. The number of hydrogen-bond donors (Lipinski definition) is 4. The Morgan fingerprint density at radius 2 is 1.72 bits per heavy atom. The Bertz CT molecular complexity index is 603. The molecule has 6 N–H and O–H groups in total. The fourth-order valence-electron chi connectivity index (χ4n) is 2.33. The maximum Gasteiger partial charge on any atom is 0.345 e. The number of nitrogens with one attached hydrogen (secondary N) is 1. The van der Waals surface area contributed by atoms with Gasteiger partial charge < -0.3 is 16.8 Å². The van der Waals surface area contributed by atoms with E-state index in [1.54, 1.807) is 31.2 Å². The lowest BCUT2D eigenvalue weighted by Gasteiger charge is -2.26. The van der Waals surface area contributed by atoms with Gasteiger partial charge >= 0.3 is 5.91 Å². The van der Waals surface area contributed by atoms with Crippen LogP contribution in [-0.4, -0.2) is 47.2 Å². The molecule has 0 aliphatic rings. The maximum atomic E-state index is 12.2. The molecular weight excluding hydrogens is 324 g/mol. The first-order valence-electron chi connectivity index (χ1n) is 8.33. The summed E-state index contributed by atoms with van der Waals surface area (Å²) in [5.74, 6) is -1.04. The van der Waals surface area contributed by atoms with Crippen LogP contribution in [0.2, 0.25) is 0 Å². The van der Waals surface area contributed by atoms with Crippen LogP contribution < -0.4 is 16.8 Å². The van der Waals surface area contributed by atoms with Crippen molar-refractivity contribution in [1.29, 1.82) is 0 Å². The van der Waals surface area contributed by atoms with Crippen LogP contribution in [0.1, 0.15) is 43.0 Å². The van der Waals surface area contributed by atoms with Crippen molar-refractivity contribution >= 4 is 23.4 Å². The molecule has 0 heterocycles. The van der Waals surface area contributed by atoms with Gasteiger partial charge in [-0.1, -0.05) is 0 Å². The number of unbranched alkanes of at least 4 members (excludes halogenated alkanes) is 1. The zero-order chi connectivity index (χ0) is 18.9. The Morgan fingerprint density at radius 3 is 2.28 bits per heavy atom. The summed E-state index contributed by atoms with van der Waals surface area (Å²) in [6, 6.07) is 6.47. The first kappa shape index (κ1) is 20.6. The average molecular weight is 351 g/mol. The minimum absolute atomic E-state index is 0.0753. The van der Waals surface area contributed by atoms with Gasteiger partial charge in [0.2, 0.25) is 5.91 Å². The number of anilines is 1. The summed E-state index contributed by atoms with van der Waals surface area (Å²) in [6.07, 6.45) is 1.38. The SMILES string of the molecule is CC[N+](O)(CCNC(=O)c1ccc(N)cc1)C(=O)CCCCC(N)=O. The van der Waals surface area contributed by atoms with Gasteiger partial charge in [-0.2, -0.15) is 0 Å². The summed E-state index contributed by atoms with van der Waals surface area (Å²) in [7, 11) is 0. The molecule has 3 amide bonds. The van der Waals surface area contributed by atoms with Crippen molar-refractivity contribution in [3.05, 3.63) is 29.8 Å². The van der Waals surface area contributed by atoms with Crippen molar-refractivity contribution in [2.75, 3.05) is 25.4 Å². The van der Waals surface area contributed by atoms with E-state index in [1.165, 1.54) is 0 Å². The van der Waals surface area contributed by atoms with Crippen LogP contribution in [-0.2, 0) is 9.59 Å². The van der Waals surface area contributed by atoms with Gasteiger partial charge in [0.05, 0.1) is 13.0 Å². The van der Waals surface area contributed by atoms with E-state index in [0.29, 0.717) is 24.1 Å². The Hall–Kier alpha value is -2.45. The third-order valence-corrected chi connectivity index (χ3v) is 3.99. The lowest BCUT2D eigenvalue weighted by molar-refractivity contribution is -1.04. The molecule has 138 valence electrons. The third kappa shape index (κ3) is 6.90. The quantitative estimate of drug-likeness (QED) is 0.162. The summed E-state index contributed by atoms with van der Waals surface area (Å²) < 4.78 is -0.751. The number of quaternary nitrogens is 1. The largest absolute Gasteiger partial charge is 0.399 e. The summed E-state index contributed by atoms with van der Waals surface area (Å²) >= 11 is 0. The number of nitrogens with two attached hydrogens (primary N) is 2. The molecule has 0 aromatic heterocycles. The van der Waals surface area contributed by atoms with E-state index >= 15 is 0 Å². The molecule has 1 aromatic carbocycles. The van der Waals surface area contributed by atoms with Gasteiger partial charge in [-0.3, -0.25) is 9.59 Å². The number of primary amides is 1. The molecule has 8 heteroatoms. The molecule has 1 atom stereocenters. The van der Waals surface area contributed by atoms with Crippen molar-refractivity contribution in [2.45, 2.75) is 32.6 Å². The highest BCUT2D eigenvalue weighted by Gasteiger charge is 2.32. The molecule has 0 aliphatic heterocycles. The Morgan fingerprint density at radius 1 is 1.12 bits per heavy atom. The van der Waals surface area contributed by atoms with Crippen molar-refractivity contribution in [1.82, 2.24) is 5.32 Å². The van der Waals surface area contributed by atoms with Gasteiger partial charge in [-0.05, 0) is 44.0 Å². The summed E-state index contributed by atoms with van der Waals surface area (Å²) in [5.41, 5.74) is 11.6. The second-order valence-corrected chi connectivity index (χ2v) is 5.91. The van der Waals surface area contributed by atoms with Gasteiger partial charge in [-0.25, -0.2) is 10.0 Å². The second kappa shape index (κ2) is 9.75. The van der Waals surface area contributed by atoms with Crippen LogP contribution in [0.5, 0.6) is 0 Å². The lowest BCUT2D eigenvalue weighted by atomic mass is 10.1. The summed E-state index contributed by atoms with van der Waals surface area (Å²) in [5, 5.41) is 13.1. The highest BCUT2D eigenvalue weighted by molar-refractivity contribution is 5.94. The molecule has 0 saturated carbocycles. The van der Waals surface area contributed by atoms with Crippen LogP contribution in [0.25, 0.3) is 0 Å². The molecule has 1 rings (SSSR count). The van der Waals surface area contributed by atoms with Gasteiger partial charge in [0.15, 0.2) is 0 Å². The molecule has 1 unspecified atom stereocenters. The average Bonchev–Trinajstić information content (AvgIpc) is 2.58. The van der Waals surface area contributed by atoms with E-state index in [-0.39, 0.29) is 44.3 Å². The van der Waals surface area contributed by atoms with Crippen LogP contribution in [0.15, 0.2) is 24.3 Å². The maximum absolute atomic E-state index is 12.2. The number of benzene rings is 1. The molecular formula is C17H27N4O4+. The molecule has 0 bridgehead atoms. The first-order chi connectivity index (χ1) is 11.8. The number of rotatable bonds is 10. The van der Waals surface area contributed by atoms with Gasteiger partial charge in [-0.15, -0.1) is 4.65 Å². The standard InChI is InChI=1S/C17H26N4O4/c1-2-21(25,16(23)6-4-3-5-15(19)22)12-11-20-17(24)13-7-9-14(18)10-8-13/h7-10,25H,2-6,11-12H2,1H3,(H4-,18,19,20,22,24)/p+1. The van der Waals surface area contributed by atoms with Gasteiger partial charge in [0.25, 0.3) is 5.91 Å². The normalized spacial score (nSPS) is 13.0. The number of carbonyl (C=O) groups is 3. The predicted molar refractivity (Wildman–Crippen MR) is 93.3 cm³/mol. The van der Waals surface area contributed by atoms with Crippen molar-refractivity contribution < 1.29 is 24.2 Å². The van der Waals surface area contributed by atoms with Crippen LogP contribution in [0, 0.1) is 0 Å². The Labute approximate surface area is 147 Å². The fourth-order valence-corrected chi connectivity index (χ4v) is 2.33. The summed E-state index contributed by atoms with van der Waals surface area (Å²) in [6.45, 7) is 2.13. The monoisotopic (exact) mass is 351 g/mol. The molecule has 0 fully saturated rings. The van der Waals surface area contributed by atoms with E-state index in [9.17, 15) is 19.6 Å². The molecule has 0 spiro atoms. The molecule has 0 radical (unpaired) electrons. The first-order valence-corrected chi connectivity index (χ1v) is 8.33. The van der Waals surface area contributed by atoms with Crippen LogP contribution >= 0.6 is 0 Å². The van der Waals surface area contributed by atoms with Gasteiger partial charge in [0.1, 0.15) is 13.1 Å². The highest BCUT2D eigenvalue weighted by Crippen LogP contribution is 2.10. The third-order valence-electron chi connectivity index (χ3n) is 3.99. The van der Waals surface area contributed by atoms with Crippen LogP contribution in [0.3, 0.4) is 0 Å². The fraction of sp³-hybridized carbons (Fsp3) is 0.471. The number of likely N-dealkylation sites (N-methyl/N-ethyl adjacent to an activating group) is 1. The number of carbonyl (C=O) groups excluding carboxylic acids is 3. The van der Waals surface area contributed by atoms with E-state index in [2.05, 4.69) is 5.32 Å². The number of hydroxylamine groups is 3. The molecule has 25 heavy (non-hydrogen) atoms. The zero-order valence-electron chi connectivity index (χ0n) is 14.5. The van der Waals surface area contributed by atoms with Crippen molar-refractivity contribution in [2.24, 2.45) is 5.73 Å². The highest BCUT2D eigenvalue weighted by atomic mass is 16.6. The Kier molecular flexibility index (Phi) is 8.03. The number of nitrogen functional groups attached to an aromatic ring is 1. The minimum atomic E-state index is -0.751. The molecule has 8 nitrogen and oxygen atoms in total. The summed E-state index contributed by atoms with van der Waals surface area (Å²) in [4.78, 5) is 34.9. The molecule has 1 aromatic rings. The van der Waals surface area contributed by atoms with E-state index in [1.807, 2.05) is 0 Å².